The van der Waals surface area contributed by atoms with Crippen LogP contribution in [0.5, 0.6) is 0 Å². The summed E-state index contributed by atoms with van der Waals surface area (Å²) in [4.78, 5) is 4.60. The maximum absolute atomic E-state index is 5.11. The van der Waals surface area contributed by atoms with Crippen molar-refractivity contribution in [3.63, 3.8) is 0 Å². The average molecular weight is 500 g/mol. The van der Waals surface area contributed by atoms with Gasteiger partial charge in [-0.05, 0) is 25.3 Å². The lowest BCUT2D eigenvalue weighted by atomic mass is 10.1. The second-order valence-electron chi connectivity index (χ2n) is 6.51. The molecule has 0 saturated carbocycles. The number of benzene rings is 1. The molecule has 0 radical (unpaired) electrons. The highest BCUT2D eigenvalue weighted by molar-refractivity contribution is 14.0. The van der Waals surface area contributed by atoms with Gasteiger partial charge in [-0.1, -0.05) is 37.3 Å². The molecule has 7 nitrogen and oxygen atoms in total. The standard InChI is InChI=1S/C20H32N6O.HI/c1-4-19-25-23-16-26(19)14-12-21-20(22-13-15-27-3)24-17(2)10-11-18-8-6-5-7-9-18;/h5-9,16-17H,4,10-15H2,1-3H3,(H2,21,22,24);1H. The van der Waals surface area contributed by atoms with Crippen molar-refractivity contribution in [1.82, 2.24) is 25.4 Å². The summed E-state index contributed by atoms with van der Waals surface area (Å²) in [7, 11) is 1.69. The van der Waals surface area contributed by atoms with Crippen molar-refractivity contribution in [3.8, 4) is 0 Å². The van der Waals surface area contributed by atoms with Crippen LogP contribution in [0.3, 0.4) is 0 Å². The molecule has 0 spiro atoms. The van der Waals surface area contributed by atoms with Crippen LogP contribution in [0.2, 0.25) is 0 Å². The second kappa shape index (κ2) is 14.3. The van der Waals surface area contributed by atoms with E-state index in [0.29, 0.717) is 19.2 Å². The predicted octanol–water partition coefficient (Wildman–Crippen LogP) is 2.66. The number of aryl methyl sites for hydroxylation is 2. The number of rotatable bonds is 11. The number of ether oxygens (including phenoxy) is 1. The predicted molar refractivity (Wildman–Crippen MR) is 124 cm³/mol. The topological polar surface area (TPSA) is 76.4 Å². The van der Waals surface area contributed by atoms with Crippen LogP contribution in [0.4, 0.5) is 0 Å². The van der Waals surface area contributed by atoms with E-state index in [1.54, 1.807) is 13.4 Å². The lowest BCUT2D eigenvalue weighted by molar-refractivity contribution is 0.208. The summed E-state index contributed by atoms with van der Waals surface area (Å²) in [6, 6.07) is 10.9. The third-order valence-electron chi connectivity index (χ3n) is 4.31. The van der Waals surface area contributed by atoms with Gasteiger partial charge in [-0.3, -0.25) is 4.99 Å². The number of guanidine groups is 1. The zero-order valence-electron chi connectivity index (χ0n) is 17.1. The number of nitrogens with zero attached hydrogens (tertiary/aromatic N) is 4. The first kappa shape index (κ1) is 24.4. The molecule has 0 aliphatic heterocycles. The zero-order valence-corrected chi connectivity index (χ0v) is 19.4. The Labute approximate surface area is 185 Å². The summed E-state index contributed by atoms with van der Waals surface area (Å²) in [6.45, 7) is 7.07. The first-order chi connectivity index (χ1) is 13.2. The Morgan fingerprint density at radius 1 is 1.29 bits per heavy atom. The molecule has 2 N–H and O–H groups in total. The van der Waals surface area contributed by atoms with Crippen LogP contribution in [0, 0.1) is 0 Å². The smallest absolute Gasteiger partial charge is 0.191 e. The van der Waals surface area contributed by atoms with Gasteiger partial charge in [0.15, 0.2) is 5.96 Å². The van der Waals surface area contributed by atoms with E-state index < -0.39 is 0 Å². The van der Waals surface area contributed by atoms with Crippen LogP contribution in [-0.4, -0.2) is 53.6 Å². The summed E-state index contributed by atoms with van der Waals surface area (Å²) < 4.78 is 7.18. The van der Waals surface area contributed by atoms with Crippen molar-refractivity contribution in [1.29, 1.82) is 0 Å². The van der Waals surface area contributed by atoms with Gasteiger partial charge in [0.2, 0.25) is 0 Å². The number of hydrogen-bond donors (Lipinski definition) is 2. The van der Waals surface area contributed by atoms with Crippen molar-refractivity contribution < 1.29 is 4.74 Å². The Kier molecular flexibility index (Phi) is 12.5. The molecule has 0 saturated heterocycles. The van der Waals surface area contributed by atoms with Gasteiger partial charge >= 0.3 is 0 Å². The Balaban J connectivity index is 0.00000392. The lowest BCUT2D eigenvalue weighted by Crippen LogP contribution is -2.43. The molecule has 2 rings (SSSR count). The fraction of sp³-hybridized carbons (Fsp3) is 0.550. The number of hydrogen-bond acceptors (Lipinski definition) is 4. The maximum atomic E-state index is 5.11. The number of methoxy groups -OCH3 is 1. The summed E-state index contributed by atoms with van der Waals surface area (Å²) in [6.07, 6.45) is 4.74. The number of nitrogens with one attached hydrogen (secondary N) is 2. The normalized spacial score (nSPS) is 12.3. The Morgan fingerprint density at radius 3 is 2.79 bits per heavy atom. The quantitative estimate of drug-likeness (QED) is 0.215. The molecule has 1 atom stereocenters. The summed E-state index contributed by atoms with van der Waals surface area (Å²) in [5.41, 5.74) is 1.36. The highest BCUT2D eigenvalue weighted by Gasteiger charge is 2.07. The van der Waals surface area contributed by atoms with Gasteiger partial charge in [0.1, 0.15) is 12.2 Å². The van der Waals surface area contributed by atoms with E-state index in [9.17, 15) is 0 Å². The fourth-order valence-electron chi connectivity index (χ4n) is 2.77. The fourth-order valence-corrected chi connectivity index (χ4v) is 2.77. The van der Waals surface area contributed by atoms with Crippen LogP contribution >= 0.6 is 24.0 Å². The van der Waals surface area contributed by atoms with E-state index in [2.05, 4.69) is 74.6 Å². The second-order valence-corrected chi connectivity index (χ2v) is 6.51. The van der Waals surface area contributed by atoms with Gasteiger partial charge in [0, 0.05) is 32.7 Å². The van der Waals surface area contributed by atoms with Crippen LogP contribution in [0.15, 0.2) is 41.7 Å². The lowest BCUT2D eigenvalue weighted by Gasteiger charge is -2.19. The first-order valence-electron chi connectivity index (χ1n) is 9.67. The minimum atomic E-state index is 0. The van der Waals surface area contributed by atoms with E-state index in [1.165, 1.54) is 5.56 Å². The molecule has 28 heavy (non-hydrogen) atoms. The van der Waals surface area contributed by atoms with E-state index in [1.807, 2.05) is 0 Å². The third-order valence-corrected chi connectivity index (χ3v) is 4.31. The summed E-state index contributed by atoms with van der Waals surface area (Å²) in [5, 5.41) is 15.0. The van der Waals surface area contributed by atoms with Gasteiger partial charge in [0.25, 0.3) is 0 Å². The third kappa shape index (κ3) is 9.01. The molecule has 2 aromatic rings. The molecule has 8 heteroatoms. The molecule has 1 unspecified atom stereocenters. The van der Waals surface area contributed by atoms with Crippen LogP contribution in [-0.2, 0) is 24.1 Å². The van der Waals surface area contributed by atoms with Crippen molar-refractivity contribution in [2.75, 3.05) is 26.8 Å². The van der Waals surface area contributed by atoms with Crippen molar-refractivity contribution in [2.45, 2.75) is 45.7 Å². The zero-order chi connectivity index (χ0) is 19.3. The summed E-state index contributed by atoms with van der Waals surface area (Å²) >= 11 is 0. The SMILES string of the molecule is CCc1nncn1CCNC(=NCCOC)NC(C)CCc1ccccc1.I. The van der Waals surface area contributed by atoms with Gasteiger partial charge in [-0.25, -0.2) is 0 Å². The molecule has 1 aromatic carbocycles. The molecule has 0 bridgehead atoms. The number of aliphatic imine (C=N–C) groups is 1. The van der Waals surface area contributed by atoms with Crippen molar-refractivity contribution in [3.05, 3.63) is 48.0 Å². The Hall–Kier alpha value is -1.68. The molecular weight excluding hydrogens is 467 g/mol. The largest absolute Gasteiger partial charge is 0.383 e. The Morgan fingerprint density at radius 2 is 2.07 bits per heavy atom. The van der Waals surface area contributed by atoms with E-state index >= 15 is 0 Å². The van der Waals surface area contributed by atoms with Crippen LogP contribution in [0.25, 0.3) is 0 Å². The highest BCUT2D eigenvalue weighted by Crippen LogP contribution is 2.04. The monoisotopic (exact) mass is 500 g/mol. The molecule has 1 heterocycles. The molecular formula is C20H33IN6O. The van der Waals surface area contributed by atoms with Gasteiger partial charge in [0.05, 0.1) is 13.2 Å². The van der Waals surface area contributed by atoms with Gasteiger partial charge in [-0.2, -0.15) is 0 Å². The molecule has 0 amide bonds. The van der Waals surface area contributed by atoms with Crippen molar-refractivity contribution >= 4 is 29.9 Å². The van der Waals surface area contributed by atoms with Crippen LogP contribution < -0.4 is 10.6 Å². The first-order valence-corrected chi connectivity index (χ1v) is 9.67. The Bertz CT molecular complexity index is 676. The highest BCUT2D eigenvalue weighted by atomic mass is 127. The van der Waals surface area contributed by atoms with Crippen LogP contribution in [0.1, 0.15) is 31.7 Å². The molecule has 0 aliphatic carbocycles. The minimum Gasteiger partial charge on any atom is -0.383 e. The number of halogens is 1. The van der Waals surface area contributed by atoms with E-state index in [4.69, 9.17) is 4.74 Å². The van der Waals surface area contributed by atoms with Gasteiger partial charge in [-0.15, -0.1) is 34.2 Å². The van der Waals surface area contributed by atoms with E-state index in [-0.39, 0.29) is 24.0 Å². The number of aromatic nitrogens is 3. The van der Waals surface area contributed by atoms with Crippen molar-refractivity contribution in [2.24, 2.45) is 4.99 Å². The molecule has 0 aliphatic rings. The van der Waals surface area contributed by atoms with E-state index in [0.717, 1.165) is 44.1 Å². The molecule has 0 fully saturated rings. The summed E-state index contributed by atoms with van der Waals surface area (Å²) in [5.74, 6) is 1.82. The minimum absolute atomic E-state index is 0. The maximum Gasteiger partial charge on any atom is 0.191 e. The average Bonchev–Trinajstić information content (AvgIpc) is 3.15. The molecule has 1 aromatic heterocycles. The molecule has 156 valence electrons. The van der Waals surface area contributed by atoms with Gasteiger partial charge < -0.3 is 19.9 Å².